The Bertz CT molecular complexity index is 614. The maximum absolute atomic E-state index is 9.98. The van der Waals surface area contributed by atoms with Gasteiger partial charge in [-0.2, -0.15) is 0 Å². The Hall–Kier alpha value is -0.700. The van der Waals surface area contributed by atoms with Crippen LogP contribution in [0.5, 0.6) is 0 Å². The number of fused-ring (bicyclic) bond motifs is 1. The lowest BCUT2D eigenvalue weighted by Crippen LogP contribution is -2.05. The minimum Gasteiger partial charge on any atom is -0.389 e. The highest BCUT2D eigenvalue weighted by Gasteiger charge is 2.21. The third-order valence-electron chi connectivity index (χ3n) is 3.35. The lowest BCUT2D eigenvalue weighted by atomic mass is 10.1. The normalized spacial score (nSPS) is 13.5. The number of aryl methyl sites for hydroxylation is 1. The molecule has 0 spiro atoms. The average molecular weight is 300 g/mol. The summed E-state index contributed by atoms with van der Waals surface area (Å²) in [5.74, 6) is 0.466. The summed E-state index contributed by atoms with van der Waals surface area (Å²) in [7, 11) is 0. The smallest absolute Gasteiger partial charge is 0.115 e. The summed E-state index contributed by atoms with van der Waals surface area (Å²) in [4.78, 5) is 0. The van der Waals surface area contributed by atoms with Crippen LogP contribution in [0.15, 0.2) is 12.1 Å². The highest BCUT2D eigenvalue weighted by atomic mass is 35.5. The molecular weight excluding hydrogens is 281 g/mol. The molecule has 0 radical (unpaired) electrons. The summed E-state index contributed by atoms with van der Waals surface area (Å²) in [6.07, 6.45) is -0.594. The van der Waals surface area contributed by atoms with E-state index in [1.54, 1.807) is 6.92 Å². The topological polar surface area (TPSA) is 25.2 Å². The second kappa shape index (κ2) is 5.35. The molecule has 2 aromatic rings. The maximum Gasteiger partial charge on any atom is 0.115 e. The Morgan fingerprint density at radius 2 is 1.84 bits per heavy atom. The van der Waals surface area contributed by atoms with Crippen molar-refractivity contribution in [2.45, 2.75) is 40.3 Å². The van der Waals surface area contributed by atoms with Crippen molar-refractivity contribution in [2.75, 3.05) is 0 Å². The maximum atomic E-state index is 9.98. The molecule has 1 heterocycles. The first-order valence-electron chi connectivity index (χ1n) is 6.49. The van der Waals surface area contributed by atoms with Crippen LogP contribution >= 0.6 is 23.2 Å². The van der Waals surface area contributed by atoms with Gasteiger partial charge in [0, 0.05) is 22.5 Å². The molecule has 19 heavy (non-hydrogen) atoms. The van der Waals surface area contributed by atoms with E-state index in [4.69, 9.17) is 23.2 Å². The summed E-state index contributed by atoms with van der Waals surface area (Å²) in [6.45, 7) is 8.82. The summed E-state index contributed by atoms with van der Waals surface area (Å²) in [5.41, 5.74) is 2.83. The number of benzene rings is 1. The first-order valence-corrected chi connectivity index (χ1v) is 7.25. The minimum absolute atomic E-state index is 0.466. The molecule has 1 aromatic carbocycles. The van der Waals surface area contributed by atoms with Crippen molar-refractivity contribution in [3.05, 3.63) is 33.4 Å². The summed E-state index contributed by atoms with van der Waals surface area (Å²) >= 11 is 12.7. The molecule has 0 aliphatic rings. The lowest BCUT2D eigenvalue weighted by molar-refractivity contribution is 0.200. The first-order chi connectivity index (χ1) is 8.84. The molecule has 2 rings (SSSR count). The Balaban J connectivity index is 2.85. The van der Waals surface area contributed by atoms with Crippen LogP contribution in [0, 0.1) is 12.8 Å². The summed E-state index contributed by atoms with van der Waals surface area (Å²) in [5, 5.41) is 12.3. The van der Waals surface area contributed by atoms with E-state index in [-0.39, 0.29) is 0 Å². The third-order valence-corrected chi connectivity index (χ3v) is 4.17. The number of hydrogen-bond acceptors (Lipinski definition) is 1. The van der Waals surface area contributed by atoms with Crippen molar-refractivity contribution in [3.8, 4) is 0 Å². The average Bonchev–Trinajstić information content (AvgIpc) is 2.57. The van der Waals surface area contributed by atoms with E-state index >= 15 is 0 Å². The fourth-order valence-electron chi connectivity index (χ4n) is 2.53. The number of halogens is 2. The van der Waals surface area contributed by atoms with Gasteiger partial charge in [-0.25, -0.2) is 0 Å². The standard InChI is InChI=1S/C15H19Cl2NO/c1-8(2)7-18-14-9(3)12(16)6-5-11(14)13(10(4)19)15(18)17/h5-6,8,10,19H,7H2,1-4H3. The zero-order valence-corrected chi connectivity index (χ0v) is 13.2. The van der Waals surface area contributed by atoms with E-state index < -0.39 is 6.10 Å². The van der Waals surface area contributed by atoms with E-state index in [2.05, 4.69) is 18.4 Å². The number of aliphatic hydroxyl groups is 1. The van der Waals surface area contributed by atoms with Crippen molar-refractivity contribution in [1.29, 1.82) is 0 Å². The van der Waals surface area contributed by atoms with Gasteiger partial charge < -0.3 is 9.67 Å². The Morgan fingerprint density at radius 1 is 1.21 bits per heavy atom. The molecule has 1 atom stereocenters. The first kappa shape index (κ1) is 14.7. The van der Waals surface area contributed by atoms with Crippen LogP contribution in [0.25, 0.3) is 10.9 Å². The van der Waals surface area contributed by atoms with Gasteiger partial charge in [0.2, 0.25) is 0 Å². The number of hydrogen-bond donors (Lipinski definition) is 1. The number of nitrogens with zero attached hydrogens (tertiary/aromatic N) is 1. The number of aliphatic hydroxyl groups excluding tert-OH is 1. The second-order valence-electron chi connectivity index (χ2n) is 5.45. The summed E-state index contributed by atoms with van der Waals surface area (Å²) < 4.78 is 2.06. The third kappa shape index (κ3) is 2.49. The van der Waals surface area contributed by atoms with Crippen molar-refractivity contribution >= 4 is 34.1 Å². The predicted molar refractivity (Wildman–Crippen MR) is 82.2 cm³/mol. The van der Waals surface area contributed by atoms with Crippen LogP contribution in [0.4, 0.5) is 0 Å². The number of rotatable bonds is 3. The molecular formula is C15H19Cl2NO. The van der Waals surface area contributed by atoms with Crippen LogP contribution < -0.4 is 0 Å². The van der Waals surface area contributed by atoms with Crippen LogP contribution in [0.1, 0.15) is 38.0 Å². The molecule has 104 valence electrons. The second-order valence-corrected chi connectivity index (χ2v) is 6.22. The molecule has 1 aromatic heterocycles. The van der Waals surface area contributed by atoms with Crippen molar-refractivity contribution in [1.82, 2.24) is 4.57 Å². The zero-order valence-electron chi connectivity index (χ0n) is 11.7. The zero-order chi connectivity index (χ0) is 14.3. The van der Waals surface area contributed by atoms with E-state index in [0.717, 1.165) is 33.6 Å². The van der Waals surface area contributed by atoms with Crippen LogP contribution in [0.3, 0.4) is 0 Å². The quantitative estimate of drug-likeness (QED) is 0.851. The molecule has 0 aliphatic carbocycles. The Morgan fingerprint density at radius 3 is 2.37 bits per heavy atom. The van der Waals surface area contributed by atoms with Gasteiger partial charge in [-0.1, -0.05) is 43.1 Å². The summed E-state index contributed by atoms with van der Waals surface area (Å²) in [6, 6.07) is 3.80. The lowest BCUT2D eigenvalue weighted by Gasteiger charge is -2.12. The largest absolute Gasteiger partial charge is 0.389 e. The molecule has 4 heteroatoms. The van der Waals surface area contributed by atoms with Crippen molar-refractivity contribution in [3.63, 3.8) is 0 Å². The van der Waals surface area contributed by atoms with Gasteiger partial charge in [-0.05, 0) is 31.4 Å². The SMILES string of the molecule is Cc1c(Cl)ccc2c(C(C)O)c(Cl)n(CC(C)C)c12. The molecule has 0 aliphatic heterocycles. The molecule has 0 amide bonds. The highest BCUT2D eigenvalue weighted by Crippen LogP contribution is 2.38. The molecule has 0 bridgehead atoms. The van der Waals surface area contributed by atoms with Gasteiger partial charge in [0.25, 0.3) is 0 Å². The van der Waals surface area contributed by atoms with E-state index in [9.17, 15) is 5.11 Å². The van der Waals surface area contributed by atoms with Crippen LogP contribution in [-0.4, -0.2) is 9.67 Å². The monoisotopic (exact) mass is 299 g/mol. The molecule has 1 N–H and O–H groups in total. The molecule has 2 nitrogen and oxygen atoms in total. The van der Waals surface area contributed by atoms with Gasteiger partial charge >= 0.3 is 0 Å². The van der Waals surface area contributed by atoms with Gasteiger partial charge in [0.15, 0.2) is 0 Å². The van der Waals surface area contributed by atoms with Crippen molar-refractivity contribution in [2.24, 2.45) is 5.92 Å². The fraction of sp³-hybridized carbons (Fsp3) is 0.467. The molecule has 1 unspecified atom stereocenters. The van der Waals surface area contributed by atoms with Crippen LogP contribution in [0.2, 0.25) is 10.2 Å². The van der Waals surface area contributed by atoms with E-state index in [0.29, 0.717) is 11.1 Å². The molecule has 0 saturated carbocycles. The van der Waals surface area contributed by atoms with Gasteiger partial charge in [0.1, 0.15) is 5.15 Å². The predicted octanol–water partition coefficient (Wildman–Crippen LogP) is 4.97. The Labute approximate surface area is 123 Å². The number of aromatic nitrogens is 1. The van der Waals surface area contributed by atoms with E-state index in [1.807, 2.05) is 19.1 Å². The highest BCUT2D eigenvalue weighted by molar-refractivity contribution is 6.34. The van der Waals surface area contributed by atoms with Gasteiger partial charge in [-0.15, -0.1) is 0 Å². The minimum atomic E-state index is -0.594. The molecule has 0 saturated heterocycles. The van der Waals surface area contributed by atoms with Gasteiger partial charge in [0.05, 0.1) is 11.6 Å². The fourth-order valence-corrected chi connectivity index (χ4v) is 3.10. The van der Waals surface area contributed by atoms with E-state index in [1.165, 1.54) is 0 Å². The molecule has 0 fully saturated rings. The van der Waals surface area contributed by atoms with Gasteiger partial charge in [-0.3, -0.25) is 0 Å². The Kier molecular flexibility index (Phi) is 4.14. The van der Waals surface area contributed by atoms with Crippen LogP contribution in [-0.2, 0) is 6.54 Å². The van der Waals surface area contributed by atoms with Crippen molar-refractivity contribution < 1.29 is 5.11 Å².